The van der Waals surface area contributed by atoms with E-state index in [1.807, 2.05) is 6.07 Å². The highest BCUT2D eigenvalue weighted by Crippen LogP contribution is 2.20. The quantitative estimate of drug-likeness (QED) is 0.743. The molecule has 0 aliphatic heterocycles. The Kier molecular flexibility index (Phi) is 3.61. The largest absolute Gasteiger partial charge is 0.462 e. The molecule has 3 aromatic rings. The summed E-state index contributed by atoms with van der Waals surface area (Å²) in [6, 6.07) is 8.84. The molecule has 0 saturated carbocycles. The lowest BCUT2D eigenvalue weighted by Gasteiger charge is -2.06. The van der Waals surface area contributed by atoms with Crippen LogP contribution in [0.1, 0.15) is 22.8 Å². The summed E-state index contributed by atoms with van der Waals surface area (Å²) < 4.78 is 11.5. The maximum absolute atomic E-state index is 12.3. The number of carbonyl (C=O) groups is 1. The summed E-state index contributed by atoms with van der Waals surface area (Å²) in [7, 11) is 0. The second kappa shape index (κ2) is 5.60. The summed E-state index contributed by atoms with van der Waals surface area (Å²) >= 11 is 0. The number of aromatic amines is 1. The molecule has 118 valence electrons. The molecule has 0 amide bonds. The van der Waals surface area contributed by atoms with E-state index in [2.05, 4.69) is 5.10 Å². The Labute approximate surface area is 130 Å². The van der Waals surface area contributed by atoms with Crippen molar-refractivity contribution in [2.45, 2.75) is 13.8 Å². The number of benzene rings is 1. The van der Waals surface area contributed by atoms with Crippen molar-refractivity contribution in [1.82, 2.24) is 9.78 Å². The van der Waals surface area contributed by atoms with Crippen LogP contribution in [0.3, 0.4) is 0 Å². The van der Waals surface area contributed by atoms with Crippen LogP contribution in [0.4, 0.5) is 0 Å². The molecule has 3 rings (SSSR count). The van der Waals surface area contributed by atoms with Crippen LogP contribution in [0.2, 0.25) is 0 Å². The minimum absolute atomic E-state index is 0.00408. The topological polar surface area (TPSA) is 94.3 Å². The molecule has 0 unspecified atom stereocenters. The molecular formula is C16H14N2O5. The first-order chi connectivity index (χ1) is 11.0. The van der Waals surface area contributed by atoms with Gasteiger partial charge in [0, 0.05) is 0 Å². The van der Waals surface area contributed by atoms with Gasteiger partial charge in [0.2, 0.25) is 5.71 Å². The SMILES string of the molecule is CCOC(=O)c1c(C)c(=O)oc2c1c(=O)[nH]n2-c1ccccc1. The van der Waals surface area contributed by atoms with Crippen LogP contribution in [0.5, 0.6) is 0 Å². The van der Waals surface area contributed by atoms with E-state index in [0.29, 0.717) is 5.69 Å². The Morgan fingerprint density at radius 3 is 2.61 bits per heavy atom. The van der Waals surface area contributed by atoms with Crippen LogP contribution >= 0.6 is 0 Å². The van der Waals surface area contributed by atoms with Crippen molar-refractivity contribution in [3.63, 3.8) is 0 Å². The highest BCUT2D eigenvalue weighted by atomic mass is 16.5. The lowest BCUT2D eigenvalue weighted by molar-refractivity contribution is 0.0527. The molecule has 1 aromatic carbocycles. The maximum Gasteiger partial charge on any atom is 0.341 e. The zero-order valence-corrected chi connectivity index (χ0v) is 12.6. The van der Waals surface area contributed by atoms with Gasteiger partial charge in [0.05, 0.1) is 23.4 Å². The molecule has 0 aliphatic carbocycles. The molecule has 0 bridgehead atoms. The van der Waals surface area contributed by atoms with Gasteiger partial charge in [0.25, 0.3) is 5.56 Å². The third kappa shape index (κ3) is 2.36. The van der Waals surface area contributed by atoms with E-state index < -0.39 is 17.2 Å². The predicted octanol–water partition coefficient (Wildman–Crippen LogP) is 1.76. The summed E-state index contributed by atoms with van der Waals surface area (Å²) in [5.41, 5.74) is -0.648. The normalized spacial score (nSPS) is 10.9. The first kappa shape index (κ1) is 14.8. The first-order valence-electron chi connectivity index (χ1n) is 7.05. The van der Waals surface area contributed by atoms with Crippen LogP contribution in [-0.4, -0.2) is 22.4 Å². The van der Waals surface area contributed by atoms with Crippen LogP contribution in [0.25, 0.3) is 16.8 Å². The smallest absolute Gasteiger partial charge is 0.341 e. The molecular weight excluding hydrogens is 300 g/mol. The number of nitrogens with one attached hydrogen (secondary N) is 1. The number of ether oxygens (including phenoxy) is 1. The van der Waals surface area contributed by atoms with Gasteiger partial charge in [-0.1, -0.05) is 18.2 Å². The van der Waals surface area contributed by atoms with Crippen LogP contribution < -0.4 is 11.2 Å². The molecule has 0 saturated heterocycles. The van der Waals surface area contributed by atoms with Crippen molar-refractivity contribution in [3.8, 4) is 5.69 Å². The van der Waals surface area contributed by atoms with Gasteiger partial charge in [0.15, 0.2) is 0 Å². The average Bonchev–Trinajstić information content (AvgIpc) is 2.86. The Morgan fingerprint density at radius 1 is 1.26 bits per heavy atom. The van der Waals surface area contributed by atoms with E-state index in [9.17, 15) is 14.4 Å². The number of para-hydroxylation sites is 1. The van der Waals surface area contributed by atoms with Crippen molar-refractivity contribution in [2.75, 3.05) is 6.61 Å². The number of carbonyl (C=O) groups excluding carboxylic acids is 1. The zero-order chi connectivity index (χ0) is 16.6. The molecule has 1 N–H and O–H groups in total. The summed E-state index contributed by atoms with van der Waals surface area (Å²) in [6.45, 7) is 3.21. The molecule has 2 heterocycles. The number of esters is 1. The summed E-state index contributed by atoms with van der Waals surface area (Å²) in [6.07, 6.45) is 0. The number of nitrogens with zero attached hydrogens (tertiary/aromatic N) is 1. The number of hydrogen-bond donors (Lipinski definition) is 1. The van der Waals surface area contributed by atoms with Gasteiger partial charge in [-0.05, 0) is 26.0 Å². The molecule has 0 aliphatic rings. The van der Waals surface area contributed by atoms with Crippen LogP contribution in [0.15, 0.2) is 44.3 Å². The average molecular weight is 314 g/mol. The Morgan fingerprint density at radius 2 is 1.96 bits per heavy atom. The fourth-order valence-electron chi connectivity index (χ4n) is 2.41. The molecule has 0 atom stereocenters. The number of fused-ring (bicyclic) bond motifs is 1. The van der Waals surface area contributed by atoms with E-state index >= 15 is 0 Å². The van der Waals surface area contributed by atoms with Gasteiger partial charge in [-0.25, -0.2) is 14.3 Å². The predicted molar refractivity (Wildman–Crippen MR) is 83.1 cm³/mol. The number of H-pyrrole nitrogens is 1. The summed E-state index contributed by atoms with van der Waals surface area (Å²) in [4.78, 5) is 36.5. The summed E-state index contributed by atoms with van der Waals surface area (Å²) in [5, 5.41) is 2.59. The minimum atomic E-state index is -0.723. The molecule has 7 nitrogen and oxygen atoms in total. The van der Waals surface area contributed by atoms with Gasteiger partial charge < -0.3 is 9.15 Å². The van der Waals surface area contributed by atoms with Gasteiger partial charge in [-0.3, -0.25) is 9.89 Å². The standard InChI is InChI=1S/C16H14N2O5/c1-3-22-16(21)11-9(2)15(20)23-14-12(11)13(19)17-18(14)10-7-5-4-6-8-10/h4-8H,3H2,1-2H3,(H,17,19). The Balaban J connectivity index is 2.40. The van der Waals surface area contributed by atoms with E-state index in [0.717, 1.165) is 0 Å². The Bertz CT molecular complexity index is 995. The van der Waals surface area contributed by atoms with E-state index in [1.165, 1.54) is 11.6 Å². The van der Waals surface area contributed by atoms with E-state index in [1.54, 1.807) is 31.2 Å². The van der Waals surface area contributed by atoms with Gasteiger partial charge in [0.1, 0.15) is 5.39 Å². The first-order valence-corrected chi connectivity index (χ1v) is 7.05. The van der Waals surface area contributed by atoms with Crippen molar-refractivity contribution < 1.29 is 13.9 Å². The molecule has 0 radical (unpaired) electrons. The fourth-order valence-corrected chi connectivity index (χ4v) is 2.41. The third-order valence-electron chi connectivity index (χ3n) is 3.47. The minimum Gasteiger partial charge on any atom is -0.462 e. The van der Waals surface area contributed by atoms with E-state index in [4.69, 9.17) is 9.15 Å². The zero-order valence-electron chi connectivity index (χ0n) is 12.6. The second-order valence-electron chi connectivity index (χ2n) is 4.90. The lowest BCUT2D eigenvalue weighted by atomic mass is 10.1. The molecule has 23 heavy (non-hydrogen) atoms. The number of aromatic nitrogens is 2. The molecule has 2 aromatic heterocycles. The number of rotatable bonds is 3. The fraction of sp³-hybridized carbons (Fsp3) is 0.188. The second-order valence-corrected chi connectivity index (χ2v) is 4.90. The van der Waals surface area contributed by atoms with Gasteiger partial charge in [-0.15, -0.1) is 0 Å². The van der Waals surface area contributed by atoms with Gasteiger partial charge in [-0.2, -0.15) is 0 Å². The molecule has 0 spiro atoms. The lowest BCUT2D eigenvalue weighted by Crippen LogP contribution is -2.17. The van der Waals surface area contributed by atoms with Gasteiger partial charge >= 0.3 is 11.6 Å². The van der Waals surface area contributed by atoms with Crippen molar-refractivity contribution in [1.29, 1.82) is 0 Å². The highest BCUT2D eigenvalue weighted by Gasteiger charge is 2.24. The van der Waals surface area contributed by atoms with Crippen LogP contribution in [0, 0.1) is 6.92 Å². The maximum atomic E-state index is 12.3. The Hall–Kier alpha value is -3.09. The van der Waals surface area contributed by atoms with E-state index in [-0.39, 0.29) is 28.8 Å². The summed E-state index contributed by atoms with van der Waals surface area (Å²) in [5.74, 6) is -0.723. The van der Waals surface area contributed by atoms with Crippen molar-refractivity contribution in [3.05, 3.63) is 62.2 Å². The van der Waals surface area contributed by atoms with Crippen molar-refractivity contribution in [2.24, 2.45) is 0 Å². The van der Waals surface area contributed by atoms with Crippen molar-refractivity contribution >= 4 is 17.1 Å². The third-order valence-corrected chi connectivity index (χ3v) is 3.47. The molecule has 0 fully saturated rings. The monoisotopic (exact) mass is 314 g/mol. The van der Waals surface area contributed by atoms with Crippen LogP contribution in [-0.2, 0) is 4.74 Å². The number of hydrogen-bond acceptors (Lipinski definition) is 5. The highest BCUT2D eigenvalue weighted by molar-refractivity contribution is 6.03. The molecule has 7 heteroatoms.